The van der Waals surface area contributed by atoms with E-state index in [0.29, 0.717) is 37.4 Å². The van der Waals surface area contributed by atoms with Gasteiger partial charge in [-0.1, -0.05) is 162 Å². The number of aliphatic hydroxyl groups is 1. The van der Waals surface area contributed by atoms with E-state index in [0.717, 1.165) is 110 Å². The van der Waals surface area contributed by atoms with Crippen molar-refractivity contribution in [1.82, 2.24) is 15.5 Å². The predicted molar refractivity (Wildman–Crippen MR) is 246 cm³/mol. The van der Waals surface area contributed by atoms with Gasteiger partial charge >= 0.3 is 11.9 Å². The lowest BCUT2D eigenvalue weighted by Crippen LogP contribution is -2.47. The molecule has 1 atom stereocenters. The maximum absolute atomic E-state index is 12.9. The third-order valence-corrected chi connectivity index (χ3v) is 12.0. The SMILES string of the molecule is CCCCCCCCCC(=O)OCCCCCCCN(CCCCCCCC(=O)OC(CCCCCCCC)CCCCCCCC)CCCNC1=C(NC)C(=O)C1O. The number of rotatable bonds is 45. The van der Waals surface area contributed by atoms with Gasteiger partial charge in [0.15, 0.2) is 6.10 Å². The summed E-state index contributed by atoms with van der Waals surface area (Å²) in [6.07, 6.45) is 37.8. The molecule has 1 aliphatic carbocycles. The summed E-state index contributed by atoms with van der Waals surface area (Å²) in [7, 11) is 1.71. The molecule has 0 fully saturated rings. The number of Topliss-reactive ketones (excluding diaryl/α,β-unsaturated/α-hetero) is 1. The standard InChI is InChI=1S/C50H95N3O6/c1-5-8-11-14-17-22-29-37-45(54)58-43-33-26-19-25-32-41-53(42-34-39-52-48-47(51-4)49(56)50(48)57)40-31-24-18-23-30-38-46(55)59-44(35-27-20-15-12-9-6-2)36-28-21-16-13-10-7-3/h44,50-52,57H,5-43H2,1-4H3. The molecule has 0 amide bonds. The Hall–Kier alpha value is -2.13. The molecule has 59 heavy (non-hydrogen) atoms. The predicted octanol–water partition coefficient (Wildman–Crippen LogP) is 12.0. The van der Waals surface area contributed by atoms with Crippen LogP contribution in [0.5, 0.6) is 0 Å². The fourth-order valence-corrected chi connectivity index (χ4v) is 8.16. The molecule has 0 bridgehead atoms. The Kier molecular flexibility index (Phi) is 37.2. The summed E-state index contributed by atoms with van der Waals surface area (Å²) in [4.78, 5) is 39.3. The second-order valence-corrected chi connectivity index (χ2v) is 17.5. The smallest absolute Gasteiger partial charge is 0.306 e. The van der Waals surface area contributed by atoms with Gasteiger partial charge in [-0.3, -0.25) is 14.4 Å². The number of esters is 2. The zero-order valence-electron chi connectivity index (χ0n) is 39.2. The van der Waals surface area contributed by atoms with Crippen LogP contribution in [0.25, 0.3) is 0 Å². The molecule has 1 rings (SSSR count). The van der Waals surface area contributed by atoms with Crippen molar-refractivity contribution in [3.05, 3.63) is 11.4 Å². The van der Waals surface area contributed by atoms with E-state index in [2.05, 4.69) is 36.3 Å². The van der Waals surface area contributed by atoms with Crippen LogP contribution in [0.1, 0.15) is 239 Å². The maximum Gasteiger partial charge on any atom is 0.306 e. The molecule has 1 unspecified atom stereocenters. The lowest BCUT2D eigenvalue weighted by molar-refractivity contribution is -0.150. The van der Waals surface area contributed by atoms with Crippen LogP contribution < -0.4 is 10.6 Å². The molecular formula is C50H95N3O6. The summed E-state index contributed by atoms with van der Waals surface area (Å²) >= 11 is 0. The first-order valence-electron chi connectivity index (χ1n) is 25.3. The minimum Gasteiger partial charge on any atom is -0.466 e. The Morgan fingerprint density at radius 1 is 0.576 bits per heavy atom. The Bertz CT molecular complexity index is 1040. The van der Waals surface area contributed by atoms with E-state index < -0.39 is 6.10 Å². The van der Waals surface area contributed by atoms with Gasteiger partial charge in [-0.25, -0.2) is 0 Å². The first-order chi connectivity index (χ1) is 28.9. The molecular weight excluding hydrogens is 739 g/mol. The molecule has 0 aromatic carbocycles. The number of nitrogens with one attached hydrogen (secondary N) is 2. The fraction of sp³-hybridized carbons (Fsp3) is 0.900. The lowest BCUT2D eigenvalue weighted by Gasteiger charge is -2.29. The van der Waals surface area contributed by atoms with Gasteiger partial charge < -0.3 is 30.1 Å². The van der Waals surface area contributed by atoms with Crippen LogP contribution in [-0.4, -0.2) is 79.8 Å². The van der Waals surface area contributed by atoms with Gasteiger partial charge in [0.25, 0.3) is 0 Å². The van der Waals surface area contributed by atoms with Crippen molar-refractivity contribution in [2.75, 3.05) is 39.8 Å². The third kappa shape index (κ3) is 30.5. The van der Waals surface area contributed by atoms with Crippen LogP contribution in [0.2, 0.25) is 0 Å². The number of carbonyl (C=O) groups excluding carboxylic acids is 3. The number of ether oxygens (including phenoxy) is 2. The minimum atomic E-state index is -1.03. The number of nitrogens with zero attached hydrogens (tertiary/aromatic N) is 1. The van der Waals surface area contributed by atoms with E-state index in [-0.39, 0.29) is 23.8 Å². The van der Waals surface area contributed by atoms with E-state index >= 15 is 0 Å². The average Bonchev–Trinajstić information content (AvgIpc) is 3.23. The highest BCUT2D eigenvalue weighted by molar-refractivity contribution is 6.07. The van der Waals surface area contributed by atoms with Gasteiger partial charge in [0.2, 0.25) is 5.78 Å². The Morgan fingerprint density at radius 2 is 1.00 bits per heavy atom. The average molecular weight is 834 g/mol. The molecule has 0 saturated heterocycles. The van der Waals surface area contributed by atoms with Crippen LogP contribution in [0, 0.1) is 0 Å². The van der Waals surface area contributed by atoms with Gasteiger partial charge in [0.05, 0.1) is 12.3 Å². The molecule has 3 N–H and O–H groups in total. The normalized spacial score (nSPS) is 14.0. The molecule has 0 heterocycles. The number of likely N-dealkylation sites (N-methyl/N-ethyl adjacent to an activating group) is 1. The van der Waals surface area contributed by atoms with Gasteiger partial charge in [-0.2, -0.15) is 0 Å². The first kappa shape index (κ1) is 54.9. The summed E-state index contributed by atoms with van der Waals surface area (Å²) in [6.45, 7) is 11.1. The molecule has 9 heteroatoms. The van der Waals surface area contributed by atoms with Gasteiger partial charge in [-0.15, -0.1) is 0 Å². The van der Waals surface area contributed by atoms with Crippen LogP contribution >= 0.6 is 0 Å². The van der Waals surface area contributed by atoms with Crippen LogP contribution in [-0.2, 0) is 23.9 Å². The Morgan fingerprint density at radius 3 is 1.51 bits per heavy atom. The highest BCUT2D eigenvalue weighted by Crippen LogP contribution is 2.21. The molecule has 0 spiro atoms. The highest BCUT2D eigenvalue weighted by atomic mass is 16.5. The summed E-state index contributed by atoms with van der Waals surface area (Å²) in [5.41, 5.74) is 1.11. The second-order valence-electron chi connectivity index (χ2n) is 17.5. The van der Waals surface area contributed by atoms with Crippen molar-refractivity contribution in [3.8, 4) is 0 Å². The summed E-state index contributed by atoms with van der Waals surface area (Å²) in [5.74, 6) is -0.279. The summed E-state index contributed by atoms with van der Waals surface area (Å²) in [5, 5.41) is 16.2. The molecule has 0 aliphatic heterocycles. The molecule has 0 saturated carbocycles. The number of hydrogen-bond donors (Lipinski definition) is 3. The van der Waals surface area contributed by atoms with Gasteiger partial charge in [0, 0.05) is 26.4 Å². The van der Waals surface area contributed by atoms with Crippen LogP contribution in [0.3, 0.4) is 0 Å². The van der Waals surface area contributed by atoms with Crippen molar-refractivity contribution in [2.45, 2.75) is 251 Å². The van der Waals surface area contributed by atoms with Crippen molar-refractivity contribution in [3.63, 3.8) is 0 Å². The monoisotopic (exact) mass is 834 g/mol. The fourth-order valence-electron chi connectivity index (χ4n) is 8.16. The molecule has 0 radical (unpaired) electrons. The van der Waals surface area contributed by atoms with Crippen LogP contribution in [0.4, 0.5) is 0 Å². The molecule has 1 aliphatic rings. The zero-order chi connectivity index (χ0) is 43.0. The summed E-state index contributed by atoms with van der Waals surface area (Å²) in [6, 6.07) is 0. The summed E-state index contributed by atoms with van der Waals surface area (Å²) < 4.78 is 11.5. The largest absolute Gasteiger partial charge is 0.466 e. The van der Waals surface area contributed by atoms with E-state index in [4.69, 9.17) is 9.47 Å². The topological polar surface area (TPSA) is 117 Å². The first-order valence-corrected chi connectivity index (χ1v) is 25.3. The number of hydrogen-bond acceptors (Lipinski definition) is 9. The van der Waals surface area contributed by atoms with Gasteiger partial charge in [-0.05, 0) is 83.8 Å². The number of carbonyl (C=O) groups is 3. The van der Waals surface area contributed by atoms with E-state index in [9.17, 15) is 19.5 Å². The molecule has 346 valence electrons. The minimum absolute atomic E-state index is 0.00274. The lowest BCUT2D eigenvalue weighted by atomic mass is 9.95. The van der Waals surface area contributed by atoms with Gasteiger partial charge in [0.1, 0.15) is 11.8 Å². The molecule has 9 nitrogen and oxygen atoms in total. The molecule has 0 aromatic rings. The van der Waals surface area contributed by atoms with Crippen molar-refractivity contribution >= 4 is 17.7 Å². The molecule has 0 aromatic heterocycles. The quantitative estimate of drug-likeness (QED) is 0.0407. The highest BCUT2D eigenvalue weighted by Gasteiger charge is 2.37. The maximum atomic E-state index is 12.9. The van der Waals surface area contributed by atoms with E-state index in [1.165, 1.54) is 116 Å². The Labute approximate surface area is 363 Å². The number of aliphatic hydroxyl groups excluding tert-OH is 1. The van der Waals surface area contributed by atoms with Crippen LogP contribution in [0.15, 0.2) is 11.4 Å². The van der Waals surface area contributed by atoms with Crippen molar-refractivity contribution in [1.29, 1.82) is 0 Å². The van der Waals surface area contributed by atoms with Crippen molar-refractivity contribution < 1.29 is 29.0 Å². The van der Waals surface area contributed by atoms with E-state index in [1.54, 1.807) is 7.05 Å². The Balaban J connectivity index is 2.35. The van der Waals surface area contributed by atoms with E-state index in [1.807, 2.05) is 0 Å². The number of ketones is 1. The van der Waals surface area contributed by atoms with Crippen molar-refractivity contribution in [2.24, 2.45) is 0 Å². The number of unbranched alkanes of at least 4 members (excludes halogenated alkanes) is 24. The zero-order valence-corrected chi connectivity index (χ0v) is 39.2. The third-order valence-electron chi connectivity index (χ3n) is 12.0. The second kappa shape index (κ2) is 40.0.